The molecular weight excluding hydrogens is 306 g/mol. The van der Waals surface area contributed by atoms with E-state index in [4.69, 9.17) is 11.6 Å². The van der Waals surface area contributed by atoms with Crippen LogP contribution >= 0.6 is 22.9 Å². The number of amides is 1. The Labute approximate surface area is 133 Å². The van der Waals surface area contributed by atoms with E-state index >= 15 is 0 Å². The molecule has 0 unspecified atom stereocenters. The molecule has 0 radical (unpaired) electrons. The van der Waals surface area contributed by atoms with Crippen molar-refractivity contribution in [3.8, 4) is 0 Å². The highest BCUT2D eigenvalue weighted by Crippen LogP contribution is 2.29. The fourth-order valence-electron chi connectivity index (χ4n) is 2.00. The number of hydrogen-bond acceptors (Lipinski definition) is 4. The van der Waals surface area contributed by atoms with Gasteiger partial charge in [0.15, 0.2) is 0 Å². The van der Waals surface area contributed by atoms with E-state index in [2.05, 4.69) is 49.3 Å². The molecular formula is C15H18ClN3OS. The molecule has 0 fully saturated rings. The summed E-state index contributed by atoms with van der Waals surface area (Å²) in [5.41, 5.74) is 3.19. The van der Waals surface area contributed by atoms with Gasteiger partial charge in [-0.1, -0.05) is 51.2 Å². The van der Waals surface area contributed by atoms with Crippen LogP contribution in [0.1, 0.15) is 60.5 Å². The van der Waals surface area contributed by atoms with E-state index in [1.165, 1.54) is 5.56 Å². The van der Waals surface area contributed by atoms with Crippen LogP contribution in [0.4, 0.5) is 5.69 Å². The number of aromatic nitrogens is 2. The summed E-state index contributed by atoms with van der Waals surface area (Å²) >= 11 is 6.78. The van der Waals surface area contributed by atoms with E-state index < -0.39 is 0 Å². The molecule has 1 N–H and O–H groups in total. The maximum absolute atomic E-state index is 12.2. The molecule has 0 aliphatic rings. The van der Waals surface area contributed by atoms with Crippen molar-refractivity contribution in [1.82, 2.24) is 10.2 Å². The van der Waals surface area contributed by atoms with Crippen molar-refractivity contribution in [1.29, 1.82) is 0 Å². The Balaban J connectivity index is 2.29. The van der Waals surface area contributed by atoms with Gasteiger partial charge in [0.25, 0.3) is 5.91 Å². The summed E-state index contributed by atoms with van der Waals surface area (Å²) < 4.78 is 0.263. The summed E-state index contributed by atoms with van der Waals surface area (Å²) in [4.78, 5) is 12.2. The third-order valence-electron chi connectivity index (χ3n) is 3.21. The number of nitrogens with zero attached hydrogens (tertiary/aromatic N) is 2. The highest BCUT2D eigenvalue weighted by Gasteiger charge is 2.16. The molecule has 1 amide bonds. The molecule has 1 aromatic carbocycles. The summed E-state index contributed by atoms with van der Waals surface area (Å²) in [6, 6.07) is 6.14. The number of anilines is 1. The Morgan fingerprint density at radius 3 is 2.43 bits per heavy atom. The number of rotatable bonds is 4. The van der Waals surface area contributed by atoms with Crippen LogP contribution < -0.4 is 5.32 Å². The van der Waals surface area contributed by atoms with Gasteiger partial charge in [0.1, 0.15) is 0 Å². The van der Waals surface area contributed by atoms with E-state index in [0.717, 1.165) is 22.6 Å². The summed E-state index contributed by atoms with van der Waals surface area (Å²) in [5, 5.41) is 10.6. The molecule has 0 spiro atoms. The van der Waals surface area contributed by atoms with Crippen molar-refractivity contribution in [3.05, 3.63) is 38.8 Å². The average molecular weight is 324 g/mol. The Kier molecular flexibility index (Phi) is 4.96. The topological polar surface area (TPSA) is 54.9 Å². The van der Waals surface area contributed by atoms with Crippen LogP contribution in [0.5, 0.6) is 0 Å². The Morgan fingerprint density at radius 2 is 1.90 bits per heavy atom. The third-order valence-corrected chi connectivity index (χ3v) is 4.22. The van der Waals surface area contributed by atoms with Gasteiger partial charge in [-0.3, -0.25) is 4.79 Å². The lowest BCUT2D eigenvalue weighted by Crippen LogP contribution is -2.14. The largest absolute Gasteiger partial charge is 0.320 e. The molecule has 2 rings (SSSR count). The number of nitrogens with one attached hydrogen (secondary N) is 1. The number of halogens is 1. The van der Waals surface area contributed by atoms with Crippen LogP contribution in [-0.4, -0.2) is 16.1 Å². The predicted molar refractivity (Wildman–Crippen MR) is 87.5 cm³/mol. The molecule has 4 nitrogen and oxygen atoms in total. The zero-order chi connectivity index (χ0) is 15.6. The quantitative estimate of drug-likeness (QED) is 0.888. The van der Waals surface area contributed by atoms with Crippen LogP contribution in [0.25, 0.3) is 0 Å². The van der Waals surface area contributed by atoms with Gasteiger partial charge < -0.3 is 5.32 Å². The van der Waals surface area contributed by atoms with Gasteiger partial charge in [-0.2, -0.15) is 0 Å². The molecule has 0 saturated carbocycles. The number of carbonyl (C=O) groups is 1. The van der Waals surface area contributed by atoms with Crippen LogP contribution in [0.2, 0.25) is 4.47 Å². The minimum Gasteiger partial charge on any atom is -0.320 e. The Hall–Kier alpha value is -1.46. The second-order valence-electron chi connectivity index (χ2n) is 5.47. The maximum Gasteiger partial charge on any atom is 0.286 e. The standard InChI is InChI=1S/C15H18ClN3OS/c1-8(2)10-5-6-12(11(7-10)9(3)4)17-13(20)14-18-19-15(16)21-14/h5-9H,1-4H3,(H,17,20). The SMILES string of the molecule is CC(C)c1ccc(NC(=O)c2nnc(Cl)s2)c(C(C)C)c1. The van der Waals surface area contributed by atoms with Crippen LogP contribution in [0.3, 0.4) is 0 Å². The lowest BCUT2D eigenvalue weighted by atomic mass is 9.94. The first kappa shape index (κ1) is 15.9. The van der Waals surface area contributed by atoms with E-state index in [0.29, 0.717) is 11.8 Å². The lowest BCUT2D eigenvalue weighted by Gasteiger charge is -2.16. The molecule has 0 aliphatic heterocycles. The fourth-order valence-corrected chi connectivity index (χ4v) is 2.73. The van der Waals surface area contributed by atoms with Crippen LogP contribution in [-0.2, 0) is 0 Å². The highest BCUT2D eigenvalue weighted by atomic mass is 35.5. The fraction of sp³-hybridized carbons (Fsp3) is 0.400. The summed E-state index contributed by atoms with van der Waals surface area (Å²) in [6.07, 6.45) is 0. The van der Waals surface area contributed by atoms with Gasteiger partial charge in [-0.05, 0) is 40.6 Å². The van der Waals surface area contributed by atoms with Gasteiger partial charge in [0.2, 0.25) is 9.47 Å². The summed E-state index contributed by atoms with van der Waals surface area (Å²) in [5.74, 6) is 0.491. The predicted octanol–water partition coefficient (Wildman–Crippen LogP) is 4.69. The van der Waals surface area contributed by atoms with E-state index in [1.54, 1.807) is 0 Å². The Morgan fingerprint density at radius 1 is 1.19 bits per heavy atom. The number of benzene rings is 1. The third kappa shape index (κ3) is 3.80. The van der Waals surface area contributed by atoms with Gasteiger partial charge >= 0.3 is 0 Å². The molecule has 2 aromatic rings. The zero-order valence-electron chi connectivity index (χ0n) is 12.5. The van der Waals surface area contributed by atoms with E-state index in [9.17, 15) is 4.79 Å². The molecule has 1 aromatic heterocycles. The molecule has 21 heavy (non-hydrogen) atoms. The van der Waals surface area contributed by atoms with Crippen molar-refractivity contribution < 1.29 is 4.79 Å². The molecule has 0 saturated heterocycles. The summed E-state index contributed by atoms with van der Waals surface area (Å²) in [7, 11) is 0. The monoisotopic (exact) mass is 323 g/mol. The second-order valence-corrected chi connectivity index (χ2v) is 7.03. The van der Waals surface area contributed by atoms with Crippen molar-refractivity contribution in [2.24, 2.45) is 0 Å². The Bertz CT molecular complexity index is 652. The van der Waals surface area contributed by atoms with E-state index in [-0.39, 0.29) is 15.4 Å². The van der Waals surface area contributed by atoms with Gasteiger partial charge in [0.05, 0.1) is 0 Å². The molecule has 0 aliphatic carbocycles. The minimum atomic E-state index is -0.279. The number of carbonyl (C=O) groups excluding carboxylic acids is 1. The zero-order valence-corrected chi connectivity index (χ0v) is 14.0. The molecule has 112 valence electrons. The van der Waals surface area contributed by atoms with E-state index in [1.807, 2.05) is 12.1 Å². The first-order valence-corrected chi connectivity index (χ1v) is 8.02. The molecule has 0 atom stereocenters. The highest BCUT2D eigenvalue weighted by molar-refractivity contribution is 7.17. The maximum atomic E-state index is 12.2. The van der Waals surface area contributed by atoms with Crippen molar-refractivity contribution >= 4 is 34.5 Å². The van der Waals surface area contributed by atoms with Crippen molar-refractivity contribution in [2.45, 2.75) is 39.5 Å². The second kappa shape index (κ2) is 6.54. The van der Waals surface area contributed by atoms with Gasteiger partial charge in [0, 0.05) is 5.69 Å². The number of hydrogen-bond donors (Lipinski definition) is 1. The summed E-state index contributed by atoms with van der Waals surface area (Å²) in [6.45, 7) is 8.52. The normalized spacial score (nSPS) is 11.2. The van der Waals surface area contributed by atoms with Crippen LogP contribution in [0.15, 0.2) is 18.2 Å². The van der Waals surface area contributed by atoms with Crippen LogP contribution in [0, 0.1) is 0 Å². The molecule has 0 bridgehead atoms. The molecule has 1 heterocycles. The smallest absolute Gasteiger partial charge is 0.286 e. The minimum absolute atomic E-state index is 0.263. The van der Waals surface area contributed by atoms with Gasteiger partial charge in [-0.25, -0.2) is 0 Å². The first-order valence-electron chi connectivity index (χ1n) is 6.82. The van der Waals surface area contributed by atoms with Crippen molar-refractivity contribution in [3.63, 3.8) is 0 Å². The lowest BCUT2D eigenvalue weighted by molar-refractivity contribution is 0.102. The molecule has 6 heteroatoms. The average Bonchev–Trinajstić information content (AvgIpc) is 2.85. The van der Waals surface area contributed by atoms with Gasteiger partial charge in [-0.15, -0.1) is 10.2 Å². The first-order chi connectivity index (χ1) is 9.88. The van der Waals surface area contributed by atoms with Crippen molar-refractivity contribution in [2.75, 3.05) is 5.32 Å².